The quantitative estimate of drug-likeness (QED) is 0.514. The number of para-hydroxylation sites is 1. The lowest BCUT2D eigenvalue weighted by atomic mass is 10.1. The van der Waals surface area contributed by atoms with E-state index >= 15 is 0 Å². The molecule has 0 aliphatic rings. The number of carbonyl (C=O) groups is 2. The van der Waals surface area contributed by atoms with Crippen LogP contribution in [0.5, 0.6) is 0 Å². The molecular formula is C22H19IN2O2. The van der Waals surface area contributed by atoms with E-state index in [0.717, 1.165) is 9.13 Å². The van der Waals surface area contributed by atoms with Gasteiger partial charge in [-0.05, 0) is 65.4 Å². The van der Waals surface area contributed by atoms with Crippen molar-refractivity contribution >= 4 is 40.1 Å². The van der Waals surface area contributed by atoms with Gasteiger partial charge < -0.3 is 10.6 Å². The van der Waals surface area contributed by atoms with Gasteiger partial charge in [-0.3, -0.25) is 9.59 Å². The summed E-state index contributed by atoms with van der Waals surface area (Å²) in [4.78, 5) is 25.3. The fraction of sp³-hybridized carbons (Fsp3) is 0.0909. The van der Waals surface area contributed by atoms with E-state index in [-0.39, 0.29) is 17.9 Å². The number of anilines is 1. The number of amides is 2. The molecule has 5 heteroatoms. The van der Waals surface area contributed by atoms with Gasteiger partial charge in [0.1, 0.15) is 0 Å². The molecule has 4 nitrogen and oxygen atoms in total. The second kappa shape index (κ2) is 8.81. The second-order valence-electron chi connectivity index (χ2n) is 6.12. The van der Waals surface area contributed by atoms with E-state index in [1.807, 2.05) is 49.4 Å². The molecule has 3 rings (SSSR count). The van der Waals surface area contributed by atoms with Crippen molar-refractivity contribution in [3.63, 3.8) is 0 Å². The van der Waals surface area contributed by atoms with Gasteiger partial charge in [-0.15, -0.1) is 0 Å². The predicted molar refractivity (Wildman–Crippen MR) is 116 cm³/mol. The fourth-order valence-corrected chi connectivity index (χ4v) is 3.26. The lowest BCUT2D eigenvalue weighted by molar-refractivity contribution is 0.0941. The van der Waals surface area contributed by atoms with E-state index in [1.54, 1.807) is 36.4 Å². The van der Waals surface area contributed by atoms with Crippen LogP contribution in [-0.4, -0.2) is 11.8 Å². The smallest absolute Gasteiger partial charge is 0.255 e. The number of nitrogens with one attached hydrogen (secondary N) is 2. The normalized spacial score (nSPS) is 11.5. The Morgan fingerprint density at radius 2 is 1.56 bits per heavy atom. The van der Waals surface area contributed by atoms with E-state index in [9.17, 15) is 9.59 Å². The monoisotopic (exact) mass is 470 g/mol. The van der Waals surface area contributed by atoms with Gasteiger partial charge in [0.25, 0.3) is 11.8 Å². The van der Waals surface area contributed by atoms with Crippen LogP contribution in [0.2, 0.25) is 0 Å². The van der Waals surface area contributed by atoms with Crippen LogP contribution in [0, 0.1) is 3.57 Å². The lowest BCUT2D eigenvalue weighted by Crippen LogP contribution is -2.28. The molecule has 0 fully saturated rings. The maximum atomic E-state index is 12.8. The van der Waals surface area contributed by atoms with Gasteiger partial charge in [0.05, 0.1) is 17.3 Å². The Labute approximate surface area is 172 Å². The number of hydrogen-bond acceptors (Lipinski definition) is 2. The first-order valence-corrected chi connectivity index (χ1v) is 9.64. The maximum absolute atomic E-state index is 12.8. The van der Waals surface area contributed by atoms with Crippen molar-refractivity contribution in [3.05, 3.63) is 99.1 Å². The Kier molecular flexibility index (Phi) is 6.24. The van der Waals surface area contributed by atoms with E-state index in [0.29, 0.717) is 16.8 Å². The lowest BCUT2D eigenvalue weighted by Gasteiger charge is -2.16. The maximum Gasteiger partial charge on any atom is 0.255 e. The first-order chi connectivity index (χ1) is 13.0. The fourth-order valence-electron chi connectivity index (χ4n) is 2.71. The van der Waals surface area contributed by atoms with Crippen LogP contribution < -0.4 is 10.6 Å². The molecule has 0 radical (unpaired) electrons. The van der Waals surface area contributed by atoms with Crippen LogP contribution in [0.1, 0.15) is 39.2 Å². The third kappa shape index (κ3) is 4.95. The number of benzene rings is 3. The van der Waals surface area contributed by atoms with Crippen LogP contribution in [0.4, 0.5) is 5.69 Å². The molecule has 27 heavy (non-hydrogen) atoms. The second-order valence-corrected chi connectivity index (χ2v) is 7.36. The molecule has 0 aliphatic carbocycles. The molecule has 0 saturated heterocycles. The van der Waals surface area contributed by atoms with Gasteiger partial charge in [-0.2, -0.15) is 0 Å². The summed E-state index contributed by atoms with van der Waals surface area (Å²) in [7, 11) is 0. The largest absolute Gasteiger partial charge is 0.345 e. The van der Waals surface area contributed by atoms with Crippen LogP contribution in [0.25, 0.3) is 0 Å². The molecule has 0 spiro atoms. The SMILES string of the molecule is C[C@@H](NC(=O)c1ccccc1NC(=O)c1cccc(I)c1)c1ccccc1. The average molecular weight is 470 g/mol. The minimum Gasteiger partial charge on any atom is -0.345 e. The molecule has 0 bridgehead atoms. The van der Waals surface area contributed by atoms with E-state index in [1.165, 1.54) is 0 Å². The van der Waals surface area contributed by atoms with Crippen molar-refractivity contribution < 1.29 is 9.59 Å². The zero-order valence-electron chi connectivity index (χ0n) is 14.8. The van der Waals surface area contributed by atoms with Gasteiger partial charge >= 0.3 is 0 Å². The summed E-state index contributed by atoms with van der Waals surface area (Å²) < 4.78 is 0.975. The summed E-state index contributed by atoms with van der Waals surface area (Å²) in [6.45, 7) is 1.93. The van der Waals surface area contributed by atoms with Gasteiger partial charge in [0.2, 0.25) is 0 Å². The highest BCUT2D eigenvalue weighted by molar-refractivity contribution is 14.1. The summed E-state index contributed by atoms with van der Waals surface area (Å²) in [5.74, 6) is -0.477. The molecule has 2 amide bonds. The zero-order valence-corrected chi connectivity index (χ0v) is 16.9. The topological polar surface area (TPSA) is 58.2 Å². The molecule has 136 valence electrons. The van der Waals surface area contributed by atoms with Gasteiger partial charge in [0, 0.05) is 9.13 Å². The minimum atomic E-state index is -0.245. The van der Waals surface area contributed by atoms with Gasteiger partial charge in [-0.1, -0.05) is 48.5 Å². The van der Waals surface area contributed by atoms with Crippen LogP contribution in [-0.2, 0) is 0 Å². The Hall–Kier alpha value is -2.67. The first-order valence-electron chi connectivity index (χ1n) is 8.56. The molecule has 3 aromatic carbocycles. The summed E-state index contributed by atoms with van der Waals surface area (Å²) in [5, 5.41) is 5.83. The van der Waals surface area contributed by atoms with Crippen molar-refractivity contribution in [3.8, 4) is 0 Å². The number of halogens is 1. The van der Waals surface area contributed by atoms with Crippen LogP contribution in [0.3, 0.4) is 0 Å². The Morgan fingerprint density at radius 1 is 0.852 bits per heavy atom. The van der Waals surface area contributed by atoms with Crippen molar-refractivity contribution in [2.75, 3.05) is 5.32 Å². The Bertz CT molecular complexity index is 957. The molecule has 0 saturated carbocycles. The molecule has 2 N–H and O–H groups in total. The third-order valence-corrected chi connectivity index (χ3v) is 4.82. The number of hydrogen-bond donors (Lipinski definition) is 2. The molecule has 1 atom stereocenters. The standard InChI is InChI=1S/C22H19IN2O2/c1-15(16-8-3-2-4-9-16)24-22(27)19-12-5-6-13-20(19)25-21(26)17-10-7-11-18(23)14-17/h2-15H,1H3,(H,24,27)(H,25,26)/t15-/m1/s1. The summed E-state index contributed by atoms with van der Waals surface area (Å²) in [6, 6.07) is 23.9. The predicted octanol–water partition coefficient (Wildman–Crippen LogP) is 5.03. The van der Waals surface area contributed by atoms with E-state index in [2.05, 4.69) is 33.2 Å². The summed E-state index contributed by atoms with van der Waals surface area (Å²) in [6.07, 6.45) is 0. The van der Waals surface area contributed by atoms with Gasteiger partial charge in [-0.25, -0.2) is 0 Å². The highest BCUT2D eigenvalue weighted by Crippen LogP contribution is 2.19. The molecule has 0 aromatic heterocycles. The van der Waals surface area contributed by atoms with Crippen molar-refractivity contribution in [2.24, 2.45) is 0 Å². The third-order valence-electron chi connectivity index (χ3n) is 4.15. The van der Waals surface area contributed by atoms with Crippen molar-refractivity contribution in [1.82, 2.24) is 5.32 Å². The molecule has 3 aromatic rings. The number of carbonyl (C=O) groups excluding carboxylic acids is 2. The molecule has 0 unspecified atom stereocenters. The molecule has 0 aliphatic heterocycles. The van der Waals surface area contributed by atoms with Crippen LogP contribution in [0.15, 0.2) is 78.9 Å². The van der Waals surface area contributed by atoms with E-state index in [4.69, 9.17) is 0 Å². The van der Waals surface area contributed by atoms with Crippen LogP contribution >= 0.6 is 22.6 Å². The molecule has 0 heterocycles. The average Bonchev–Trinajstić information content (AvgIpc) is 2.69. The number of rotatable bonds is 5. The highest BCUT2D eigenvalue weighted by Gasteiger charge is 2.16. The summed E-state index contributed by atoms with van der Waals surface area (Å²) in [5.41, 5.74) is 2.49. The van der Waals surface area contributed by atoms with Crippen molar-refractivity contribution in [1.29, 1.82) is 0 Å². The Morgan fingerprint density at radius 3 is 2.30 bits per heavy atom. The van der Waals surface area contributed by atoms with E-state index < -0.39 is 0 Å². The Balaban J connectivity index is 1.77. The minimum absolute atomic E-state index is 0.141. The van der Waals surface area contributed by atoms with Gasteiger partial charge in [0.15, 0.2) is 0 Å². The summed E-state index contributed by atoms with van der Waals surface area (Å²) >= 11 is 2.16. The zero-order chi connectivity index (χ0) is 19.2. The first kappa shape index (κ1) is 19.1. The van der Waals surface area contributed by atoms with Crippen molar-refractivity contribution in [2.45, 2.75) is 13.0 Å². The highest BCUT2D eigenvalue weighted by atomic mass is 127. The molecular weight excluding hydrogens is 451 g/mol.